The van der Waals surface area contributed by atoms with E-state index in [-0.39, 0.29) is 5.78 Å². The van der Waals surface area contributed by atoms with Crippen molar-refractivity contribution in [1.82, 2.24) is 0 Å². The van der Waals surface area contributed by atoms with E-state index in [0.29, 0.717) is 6.42 Å². The van der Waals surface area contributed by atoms with Crippen LogP contribution in [0.4, 0.5) is 0 Å². The first kappa shape index (κ1) is 10.2. The smallest absolute Gasteiger partial charge is 0.156 e. The van der Waals surface area contributed by atoms with Crippen molar-refractivity contribution in [2.75, 3.05) is 0 Å². The molecule has 1 aliphatic carbocycles. The molecule has 0 bridgehead atoms. The Morgan fingerprint density at radius 3 is 2.77 bits per heavy atom. The van der Waals surface area contributed by atoms with Gasteiger partial charge in [-0.25, -0.2) is 0 Å². The third-order valence-electron chi connectivity index (χ3n) is 2.36. The average Bonchev–Trinajstić information content (AvgIpc) is 2.15. The van der Waals surface area contributed by atoms with Crippen LogP contribution in [0.25, 0.3) is 0 Å². The highest BCUT2D eigenvalue weighted by molar-refractivity contribution is 5.91. The van der Waals surface area contributed by atoms with Crippen LogP contribution in [0.3, 0.4) is 0 Å². The minimum atomic E-state index is 0.269. The highest BCUT2D eigenvalue weighted by Crippen LogP contribution is 2.15. The van der Waals surface area contributed by atoms with E-state index >= 15 is 0 Å². The summed E-state index contributed by atoms with van der Waals surface area (Å²) >= 11 is 0. The number of carbonyl (C=O) groups excluding carboxylic acids is 1. The quantitative estimate of drug-likeness (QED) is 0.603. The molecule has 0 aromatic carbocycles. The molecule has 1 aliphatic rings. The molecule has 0 unspecified atom stereocenters. The topological polar surface area (TPSA) is 17.1 Å². The second kappa shape index (κ2) is 5.74. The van der Waals surface area contributed by atoms with Gasteiger partial charge in [0.25, 0.3) is 0 Å². The van der Waals surface area contributed by atoms with E-state index < -0.39 is 0 Å². The van der Waals surface area contributed by atoms with Gasteiger partial charge in [0.05, 0.1) is 0 Å². The molecule has 0 aromatic heterocycles. The van der Waals surface area contributed by atoms with E-state index in [0.717, 1.165) is 6.42 Å². The van der Waals surface area contributed by atoms with Crippen molar-refractivity contribution in [2.24, 2.45) is 0 Å². The van der Waals surface area contributed by atoms with Crippen molar-refractivity contribution >= 4 is 5.78 Å². The minimum absolute atomic E-state index is 0.269. The number of hydrogen-bond donors (Lipinski definition) is 0. The van der Waals surface area contributed by atoms with Gasteiger partial charge in [-0.15, -0.1) is 0 Å². The summed E-state index contributed by atoms with van der Waals surface area (Å²) in [6.45, 7) is 2.21. The summed E-state index contributed by atoms with van der Waals surface area (Å²) in [4.78, 5) is 10.9. The van der Waals surface area contributed by atoms with Gasteiger partial charge in [-0.2, -0.15) is 0 Å². The third kappa shape index (κ3) is 4.07. The number of ketones is 1. The normalized spacial score (nSPS) is 19.8. The second-order valence-corrected chi connectivity index (χ2v) is 3.57. The molecule has 72 valence electrons. The Labute approximate surface area is 80.5 Å². The van der Waals surface area contributed by atoms with Crippen molar-refractivity contribution in [3.63, 3.8) is 0 Å². The van der Waals surface area contributed by atoms with Crippen molar-refractivity contribution in [1.29, 1.82) is 0 Å². The summed E-state index contributed by atoms with van der Waals surface area (Å²) in [6.07, 6.45) is 12.6. The Balaban J connectivity index is 2.27. The van der Waals surface area contributed by atoms with Crippen molar-refractivity contribution in [3.8, 4) is 0 Å². The molecule has 13 heavy (non-hydrogen) atoms. The first-order valence-electron chi connectivity index (χ1n) is 5.23. The molecule has 0 atom stereocenters. The zero-order chi connectivity index (χ0) is 9.52. The van der Waals surface area contributed by atoms with E-state index in [1.54, 1.807) is 6.08 Å². The van der Waals surface area contributed by atoms with Crippen molar-refractivity contribution in [3.05, 3.63) is 23.8 Å². The Morgan fingerprint density at radius 2 is 2.15 bits per heavy atom. The maximum absolute atomic E-state index is 10.9. The number of allylic oxidation sites excluding steroid dienone is 4. The lowest BCUT2D eigenvalue weighted by molar-refractivity contribution is -0.114. The zero-order valence-corrected chi connectivity index (χ0v) is 8.38. The van der Waals surface area contributed by atoms with Gasteiger partial charge in [-0.3, -0.25) is 4.79 Å². The van der Waals surface area contributed by atoms with Gasteiger partial charge < -0.3 is 0 Å². The highest BCUT2D eigenvalue weighted by atomic mass is 16.1. The Morgan fingerprint density at radius 1 is 1.31 bits per heavy atom. The maximum atomic E-state index is 10.9. The van der Waals surface area contributed by atoms with E-state index in [9.17, 15) is 4.79 Å². The van der Waals surface area contributed by atoms with Gasteiger partial charge in [0.2, 0.25) is 0 Å². The molecule has 0 spiro atoms. The van der Waals surface area contributed by atoms with E-state index in [1.165, 1.54) is 31.3 Å². The molecule has 0 fully saturated rings. The Hall–Kier alpha value is -0.850. The molecule has 0 amide bonds. The third-order valence-corrected chi connectivity index (χ3v) is 2.36. The fourth-order valence-corrected chi connectivity index (χ4v) is 1.49. The largest absolute Gasteiger partial charge is 0.295 e. The van der Waals surface area contributed by atoms with Gasteiger partial charge in [0.1, 0.15) is 0 Å². The molecule has 1 rings (SSSR count). The molecule has 1 heteroatoms. The summed E-state index contributed by atoms with van der Waals surface area (Å²) in [6, 6.07) is 0. The first-order valence-corrected chi connectivity index (χ1v) is 5.23. The highest BCUT2D eigenvalue weighted by Gasteiger charge is 2.04. The lowest BCUT2D eigenvalue weighted by Gasteiger charge is -2.05. The van der Waals surface area contributed by atoms with Gasteiger partial charge in [0, 0.05) is 6.42 Å². The van der Waals surface area contributed by atoms with Crippen LogP contribution in [-0.2, 0) is 4.79 Å². The second-order valence-electron chi connectivity index (χ2n) is 3.57. The lowest BCUT2D eigenvalue weighted by Crippen LogP contribution is -1.99. The summed E-state index contributed by atoms with van der Waals surface area (Å²) < 4.78 is 0. The molecule has 0 aromatic rings. The predicted octanol–water partition coefficient (Wildman–Crippen LogP) is 3.41. The van der Waals surface area contributed by atoms with Crippen LogP contribution in [0, 0.1) is 0 Å². The monoisotopic (exact) mass is 178 g/mol. The molecular weight excluding hydrogens is 160 g/mol. The van der Waals surface area contributed by atoms with E-state index in [2.05, 4.69) is 13.0 Å². The minimum Gasteiger partial charge on any atom is -0.295 e. The number of rotatable bonds is 4. The number of hydrogen-bond acceptors (Lipinski definition) is 1. The number of unbranched alkanes of at least 4 members (excludes halogenated alkanes) is 3. The van der Waals surface area contributed by atoms with Crippen molar-refractivity contribution < 1.29 is 4.79 Å². The Kier molecular flexibility index (Phi) is 4.52. The van der Waals surface area contributed by atoms with Gasteiger partial charge in [0.15, 0.2) is 5.78 Å². The van der Waals surface area contributed by atoms with E-state index in [1.807, 2.05) is 6.08 Å². The fourth-order valence-electron chi connectivity index (χ4n) is 1.49. The zero-order valence-electron chi connectivity index (χ0n) is 8.38. The van der Waals surface area contributed by atoms with Crippen LogP contribution in [0.15, 0.2) is 23.8 Å². The molecule has 0 aliphatic heterocycles. The molecule has 0 saturated heterocycles. The van der Waals surface area contributed by atoms with E-state index in [4.69, 9.17) is 0 Å². The number of carbonyl (C=O) groups is 1. The van der Waals surface area contributed by atoms with Crippen LogP contribution >= 0.6 is 0 Å². The first-order chi connectivity index (χ1) is 6.33. The van der Waals surface area contributed by atoms with Crippen molar-refractivity contribution in [2.45, 2.75) is 45.4 Å². The van der Waals surface area contributed by atoms with Crippen LogP contribution < -0.4 is 0 Å². The molecule has 0 saturated carbocycles. The Bertz CT molecular complexity index is 223. The molecular formula is C12H18O. The summed E-state index contributed by atoms with van der Waals surface area (Å²) in [5.41, 5.74) is 1.34. The van der Waals surface area contributed by atoms with Gasteiger partial charge >= 0.3 is 0 Å². The fraction of sp³-hybridized carbons (Fsp3) is 0.583. The summed E-state index contributed by atoms with van der Waals surface area (Å²) in [5.74, 6) is 0.269. The van der Waals surface area contributed by atoms with Crippen LogP contribution in [0.5, 0.6) is 0 Å². The standard InChI is InChI=1S/C12H18O/c1-2-3-4-5-6-11-7-9-12(13)10-8-11/h6-7,9H,2-5,8,10H2,1H3/b11-6-. The van der Waals surface area contributed by atoms with Gasteiger partial charge in [-0.1, -0.05) is 37.5 Å². The summed E-state index contributed by atoms with van der Waals surface area (Å²) in [7, 11) is 0. The average molecular weight is 178 g/mol. The molecule has 0 N–H and O–H groups in total. The van der Waals surface area contributed by atoms with Crippen LogP contribution in [0.1, 0.15) is 45.4 Å². The molecule has 0 radical (unpaired) electrons. The predicted molar refractivity (Wildman–Crippen MR) is 55.6 cm³/mol. The molecule has 0 heterocycles. The molecule has 1 nitrogen and oxygen atoms in total. The SMILES string of the molecule is CCCCC/C=C1/C=CC(=O)CC1. The van der Waals surface area contributed by atoms with Crippen LogP contribution in [-0.4, -0.2) is 5.78 Å². The van der Waals surface area contributed by atoms with Gasteiger partial charge in [-0.05, 0) is 25.3 Å². The lowest BCUT2D eigenvalue weighted by atomic mass is 9.99. The van der Waals surface area contributed by atoms with Crippen LogP contribution in [0.2, 0.25) is 0 Å². The summed E-state index contributed by atoms with van der Waals surface area (Å²) in [5, 5.41) is 0. The maximum Gasteiger partial charge on any atom is 0.156 e.